The van der Waals surface area contributed by atoms with E-state index in [1.807, 2.05) is 0 Å². The van der Waals surface area contributed by atoms with Gasteiger partial charge in [0.1, 0.15) is 11.5 Å². The van der Waals surface area contributed by atoms with Crippen LogP contribution in [0.2, 0.25) is 0 Å². The summed E-state index contributed by atoms with van der Waals surface area (Å²) in [6.45, 7) is 0. The molecule has 0 unspecified atom stereocenters. The molecular weight excluding hydrogens is 360 g/mol. The Kier molecular flexibility index (Phi) is 5.84. The molecule has 0 aliphatic rings. The zero-order chi connectivity index (χ0) is 18.7. The Morgan fingerprint density at radius 1 is 0.875 bits per heavy atom. The maximum Gasteiger partial charge on any atom is 0.461 e. The van der Waals surface area contributed by atoms with Crippen LogP contribution in [-0.4, -0.2) is 38.1 Å². The second kappa shape index (κ2) is 7.09. The average molecular weight is 368 g/mol. The summed E-state index contributed by atoms with van der Waals surface area (Å²) in [5.41, 5.74) is -0.736. The molecule has 0 bridgehead atoms. The van der Waals surface area contributed by atoms with Crippen LogP contribution < -0.4 is 9.47 Å². The highest BCUT2D eigenvalue weighted by Crippen LogP contribution is 2.34. The van der Waals surface area contributed by atoms with Gasteiger partial charge in [-0.1, -0.05) is 0 Å². The van der Waals surface area contributed by atoms with Gasteiger partial charge in [-0.2, -0.15) is 35.1 Å². The number of methoxy groups -OCH3 is 1. The quantitative estimate of drug-likeness (QED) is 0.540. The van der Waals surface area contributed by atoms with Crippen LogP contribution in [-0.2, 0) is 4.74 Å². The van der Waals surface area contributed by atoms with Crippen LogP contribution in [0.3, 0.4) is 0 Å². The van der Waals surface area contributed by atoms with Crippen molar-refractivity contribution in [3.63, 3.8) is 0 Å². The first kappa shape index (κ1) is 19.8. The first-order valence-corrected chi connectivity index (χ1v) is 5.82. The summed E-state index contributed by atoms with van der Waals surface area (Å²) in [7, 11) is 0.831. The molecule has 0 fully saturated rings. The average Bonchev–Trinajstić information content (AvgIpc) is 2.44. The fourth-order valence-corrected chi connectivity index (χ4v) is 1.33. The van der Waals surface area contributed by atoms with Crippen molar-refractivity contribution in [2.24, 2.45) is 0 Å². The lowest BCUT2D eigenvalue weighted by Gasteiger charge is -2.20. The molecule has 12 heteroatoms. The van der Waals surface area contributed by atoms with Gasteiger partial charge in [0, 0.05) is 6.07 Å². The molecule has 1 aromatic carbocycles. The third-order valence-corrected chi connectivity index (χ3v) is 2.32. The molecule has 0 spiro atoms. The number of alkyl halides is 8. The number of rotatable bonds is 7. The fourth-order valence-electron chi connectivity index (χ4n) is 1.33. The molecule has 0 aliphatic carbocycles. The van der Waals surface area contributed by atoms with E-state index in [1.165, 1.54) is 0 Å². The number of benzene rings is 1. The number of carbonyl (C=O) groups is 1. The van der Waals surface area contributed by atoms with Gasteiger partial charge in [-0.25, -0.2) is 4.79 Å². The summed E-state index contributed by atoms with van der Waals surface area (Å²) in [4.78, 5) is 11.3. The Labute approximate surface area is 128 Å². The first-order chi connectivity index (χ1) is 10.9. The highest BCUT2D eigenvalue weighted by molar-refractivity contribution is 5.90. The van der Waals surface area contributed by atoms with Gasteiger partial charge >= 0.3 is 31.0 Å². The second-order valence-electron chi connectivity index (χ2n) is 4.11. The molecule has 0 aliphatic heterocycles. The normalized spacial score (nSPS) is 12.5. The van der Waals surface area contributed by atoms with Crippen LogP contribution in [0, 0.1) is 0 Å². The third-order valence-electron chi connectivity index (χ3n) is 2.32. The standard InChI is InChI=1S/C12H8F8O4/c1-22-8(21)5-2-6(23-11(17,18)9(13)14)4-7(3-5)24-12(19,20)10(15)16/h2-4,9-10H,1H3. The maximum atomic E-state index is 12.8. The number of carbonyl (C=O) groups excluding carboxylic acids is 1. The summed E-state index contributed by atoms with van der Waals surface area (Å²) >= 11 is 0. The molecule has 24 heavy (non-hydrogen) atoms. The molecule has 1 rings (SSSR count). The molecule has 0 saturated carbocycles. The van der Waals surface area contributed by atoms with Crippen molar-refractivity contribution in [1.29, 1.82) is 0 Å². The minimum absolute atomic E-state index is 0.207. The highest BCUT2D eigenvalue weighted by Gasteiger charge is 2.45. The van der Waals surface area contributed by atoms with Gasteiger partial charge in [-0.3, -0.25) is 0 Å². The Morgan fingerprint density at radius 3 is 1.54 bits per heavy atom. The zero-order valence-corrected chi connectivity index (χ0v) is 11.5. The summed E-state index contributed by atoms with van der Waals surface area (Å²) in [5, 5.41) is 0. The van der Waals surface area contributed by atoms with E-state index in [-0.39, 0.29) is 6.07 Å². The van der Waals surface area contributed by atoms with E-state index in [0.717, 1.165) is 7.11 Å². The lowest BCUT2D eigenvalue weighted by molar-refractivity contribution is -0.255. The topological polar surface area (TPSA) is 44.8 Å². The summed E-state index contributed by atoms with van der Waals surface area (Å²) in [6.07, 6.45) is -18.6. The SMILES string of the molecule is COC(=O)c1cc(OC(F)(F)C(F)F)cc(OC(F)(F)C(F)F)c1. The molecule has 4 nitrogen and oxygen atoms in total. The molecule has 0 heterocycles. The molecule has 0 radical (unpaired) electrons. The van der Waals surface area contributed by atoms with E-state index in [1.54, 1.807) is 0 Å². The van der Waals surface area contributed by atoms with Crippen molar-refractivity contribution in [3.05, 3.63) is 23.8 Å². The van der Waals surface area contributed by atoms with E-state index in [9.17, 15) is 39.9 Å². The van der Waals surface area contributed by atoms with E-state index in [2.05, 4.69) is 14.2 Å². The number of esters is 1. The van der Waals surface area contributed by atoms with Crippen LogP contribution >= 0.6 is 0 Å². The smallest absolute Gasteiger partial charge is 0.461 e. The number of hydrogen-bond acceptors (Lipinski definition) is 4. The summed E-state index contributed by atoms with van der Waals surface area (Å²) < 4.78 is 111. The van der Waals surface area contributed by atoms with Crippen LogP contribution in [0.15, 0.2) is 18.2 Å². The first-order valence-electron chi connectivity index (χ1n) is 5.82. The van der Waals surface area contributed by atoms with Gasteiger partial charge in [0.15, 0.2) is 0 Å². The van der Waals surface area contributed by atoms with Crippen LogP contribution in [0.4, 0.5) is 35.1 Å². The van der Waals surface area contributed by atoms with Gasteiger partial charge in [0.2, 0.25) is 0 Å². The Hall–Kier alpha value is -2.27. The van der Waals surface area contributed by atoms with E-state index >= 15 is 0 Å². The predicted molar refractivity (Wildman–Crippen MR) is 60.9 cm³/mol. The Morgan fingerprint density at radius 2 is 1.25 bits per heavy atom. The van der Waals surface area contributed by atoms with Crippen molar-refractivity contribution in [2.75, 3.05) is 7.11 Å². The minimum Gasteiger partial charge on any atom is -0.465 e. The molecule has 0 aromatic heterocycles. The molecule has 0 atom stereocenters. The number of hydrogen-bond donors (Lipinski definition) is 0. The van der Waals surface area contributed by atoms with Crippen molar-refractivity contribution < 1.29 is 54.1 Å². The van der Waals surface area contributed by atoms with Gasteiger partial charge in [0.25, 0.3) is 0 Å². The van der Waals surface area contributed by atoms with Crippen molar-refractivity contribution in [2.45, 2.75) is 25.1 Å². The molecule has 136 valence electrons. The molecule has 0 amide bonds. The molecular formula is C12H8F8O4. The van der Waals surface area contributed by atoms with Gasteiger partial charge in [-0.05, 0) is 12.1 Å². The van der Waals surface area contributed by atoms with Crippen LogP contribution in [0.1, 0.15) is 10.4 Å². The lowest BCUT2D eigenvalue weighted by atomic mass is 10.2. The predicted octanol–water partition coefficient (Wildman–Crippen LogP) is 3.95. The van der Waals surface area contributed by atoms with Crippen LogP contribution in [0.25, 0.3) is 0 Å². The molecule has 1 aromatic rings. The minimum atomic E-state index is -5.03. The monoisotopic (exact) mass is 368 g/mol. The maximum absolute atomic E-state index is 12.8. The van der Waals surface area contributed by atoms with Crippen molar-refractivity contribution >= 4 is 5.97 Å². The number of halogens is 8. The van der Waals surface area contributed by atoms with Gasteiger partial charge < -0.3 is 14.2 Å². The molecule has 0 saturated heterocycles. The summed E-state index contributed by atoms with van der Waals surface area (Å²) in [5.74, 6) is -3.68. The Balaban J connectivity index is 3.25. The van der Waals surface area contributed by atoms with E-state index in [0.29, 0.717) is 12.1 Å². The number of ether oxygens (including phenoxy) is 3. The zero-order valence-electron chi connectivity index (χ0n) is 11.5. The third kappa shape index (κ3) is 4.86. The van der Waals surface area contributed by atoms with Crippen molar-refractivity contribution in [1.82, 2.24) is 0 Å². The summed E-state index contributed by atoms with van der Waals surface area (Å²) in [6, 6.07) is 1.12. The lowest BCUT2D eigenvalue weighted by Crippen LogP contribution is -2.34. The van der Waals surface area contributed by atoms with Gasteiger partial charge in [-0.15, -0.1) is 0 Å². The van der Waals surface area contributed by atoms with Crippen LogP contribution in [0.5, 0.6) is 11.5 Å². The second-order valence-corrected chi connectivity index (χ2v) is 4.11. The Bertz CT molecular complexity index is 550. The van der Waals surface area contributed by atoms with Gasteiger partial charge in [0.05, 0.1) is 12.7 Å². The fraction of sp³-hybridized carbons (Fsp3) is 0.417. The molecule has 0 N–H and O–H groups in total. The highest BCUT2D eigenvalue weighted by atomic mass is 19.3. The largest absolute Gasteiger partial charge is 0.465 e. The van der Waals surface area contributed by atoms with E-state index in [4.69, 9.17) is 0 Å². The van der Waals surface area contributed by atoms with Crippen molar-refractivity contribution in [3.8, 4) is 11.5 Å². The van der Waals surface area contributed by atoms with E-state index < -0.39 is 48.1 Å².